The number of benzene rings is 2. The molecule has 0 saturated carbocycles. The second-order valence-corrected chi connectivity index (χ2v) is 6.75. The molecule has 0 aliphatic heterocycles. The fourth-order valence-electron chi connectivity index (χ4n) is 2.80. The minimum Gasteiger partial charge on any atom is -0.870 e. The van der Waals surface area contributed by atoms with E-state index in [4.69, 9.17) is 0 Å². The Balaban J connectivity index is 2.17. The number of hydrogen-bond donors (Lipinski definition) is 0. The molecule has 0 N–H and O–H groups in total. The third kappa shape index (κ3) is 3.95. The Morgan fingerprint density at radius 3 is 2.15 bits per heavy atom. The summed E-state index contributed by atoms with van der Waals surface area (Å²) in [5.74, 6) is 0.229. The van der Waals surface area contributed by atoms with Crippen LogP contribution in [0.25, 0.3) is 11.5 Å². The van der Waals surface area contributed by atoms with Gasteiger partial charge in [-0.25, -0.2) is 0 Å². The zero-order chi connectivity index (χ0) is 19.4. The van der Waals surface area contributed by atoms with Crippen molar-refractivity contribution in [2.24, 2.45) is 5.92 Å². The van der Waals surface area contributed by atoms with Gasteiger partial charge in [0.2, 0.25) is 5.78 Å². The van der Waals surface area contributed by atoms with Crippen LogP contribution in [0.5, 0.6) is 0 Å². The van der Waals surface area contributed by atoms with Crippen molar-refractivity contribution >= 4 is 17.2 Å². The fourth-order valence-corrected chi connectivity index (χ4v) is 2.80. The summed E-state index contributed by atoms with van der Waals surface area (Å²) >= 11 is 0. The molecule has 2 aromatic carbocycles. The molecule has 0 aliphatic carbocycles. The first-order chi connectivity index (χ1) is 13.0. The molecule has 0 atom stereocenters. The highest BCUT2D eigenvalue weighted by Crippen LogP contribution is 2.21. The van der Waals surface area contributed by atoms with E-state index in [1.165, 1.54) is 4.68 Å². The number of tetrazole rings is 1. The minimum atomic E-state index is -0.380. The normalized spacial score (nSPS) is 12.1. The first kappa shape index (κ1) is 18.5. The lowest BCUT2D eigenvalue weighted by Gasteiger charge is -2.15. The van der Waals surface area contributed by atoms with Crippen molar-refractivity contribution < 1.29 is 14.6 Å². The second-order valence-electron chi connectivity index (χ2n) is 6.75. The van der Waals surface area contributed by atoms with Gasteiger partial charge in [-0.2, -0.15) is 0 Å². The summed E-state index contributed by atoms with van der Waals surface area (Å²) in [6.07, 6.45) is 0. The molecule has 0 aliphatic rings. The summed E-state index contributed by atoms with van der Waals surface area (Å²) in [4.78, 5) is 13.2. The van der Waals surface area contributed by atoms with Crippen LogP contribution in [0.15, 0.2) is 60.7 Å². The van der Waals surface area contributed by atoms with E-state index in [1.807, 2.05) is 12.1 Å². The van der Waals surface area contributed by atoms with Gasteiger partial charge in [0.1, 0.15) is 5.21 Å². The van der Waals surface area contributed by atoms with Crippen molar-refractivity contribution in [2.75, 3.05) is 0 Å². The van der Waals surface area contributed by atoms with Gasteiger partial charge in [0.05, 0.1) is 6.54 Å². The summed E-state index contributed by atoms with van der Waals surface area (Å²) in [5, 5.41) is 21.4. The average Bonchev–Trinajstić information content (AvgIpc) is 3.03. The van der Waals surface area contributed by atoms with Crippen LogP contribution < -0.4 is 9.79 Å². The highest BCUT2D eigenvalue weighted by atomic mass is 16.3. The number of ketones is 1. The van der Waals surface area contributed by atoms with Crippen LogP contribution in [-0.4, -0.2) is 20.9 Å². The molecule has 0 saturated heterocycles. The van der Waals surface area contributed by atoms with Gasteiger partial charge in [-0.3, -0.25) is 4.79 Å². The van der Waals surface area contributed by atoms with Gasteiger partial charge >= 0.3 is 0 Å². The highest BCUT2D eigenvalue weighted by Gasteiger charge is 2.27. The Labute approximate surface area is 158 Å². The molecule has 6 heteroatoms. The molecule has 1 heterocycles. The molecule has 0 fully saturated rings. The molecule has 0 amide bonds. The first-order valence-electron chi connectivity index (χ1n) is 8.88. The third-order valence-corrected chi connectivity index (χ3v) is 4.17. The number of rotatable bonds is 6. The molecule has 3 rings (SSSR count). The van der Waals surface area contributed by atoms with Crippen molar-refractivity contribution in [3.05, 3.63) is 77.6 Å². The predicted octanol–water partition coefficient (Wildman–Crippen LogP) is 2.10. The number of hydrogen-bond acceptors (Lipinski definition) is 4. The predicted molar refractivity (Wildman–Crippen MR) is 100 cm³/mol. The molecule has 27 heavy (non-hydrogen) atoms. The number of carbonyl (C=O) groups excluding carboxylic acids is 1. The van der Waals surface area contributed by atoms with E-state index in [9.17, 15) is 9.90 Å². The van der Waals surface area contributed by atoms with Crippen molar-refractivity contribution in [1.29, 1.82) is 0 Å². The van der Waals surface area contributed by atoms with Crippen LogP contribution in [0.2, 0.25) is 0 Å². The zero-order valence-corrected chi connectivity index (χ0v) is 15.7. The van der Waals surface area contributed by atoms with E-state index in [2.05, 4.69) is 24.3 Å². The summed E-state index contributed by atoms with van der Waals surface area (Å²) in [6, 6.07) is 17.5. The van der Waals surface area contributed by atoms with E-state index < -0.39 is 0 Å². The topological polar surface area (TPSA) is 74.7 Å². The van der Waals surface area contributed by atoms with Gasteiger partial charge in [-0.05, 0) is 11.5 Å². The van der Waals surface area contributed by atoms with Gasteiger partial charge in [-0.1, -0.05) is 85.0 Å². The summed E-state index contributed by atoms with van der Waals surface area (Å²) in [5.41, 5.74) is 0.837. The molecule has 3 aromatic rings. The van der Waals surface area contributed by atoms with Crippen molar-refractivity contribution in [3.8, 4) is 0 Å². The van der Waals surface area contributed by atoms with E-state index in [0.717, 1.165) is 0 Å². The van der Waals surface area contributed by atoms with Gasteiger partial charge in [0.25, 0.3) is 5.82 Å². The highest BCUT2D eigenvalue weighted by molar-refractivity contribution is 6.28. The Morgan fingerprint density at radius 2 is 1.59 bits per heavy atom. The summed E-state index contributed by atoms with van der Waals surface area (Å²) < 4.78 is 3.06. The molecule has 6 nitrogen and oxygen atoms in total. The number of nitrogens with zero attached hydrogens (tertiary/aromatic N) is 4. The Hall–Kier alpha value is -3.28. The molecular weight excluding hydrogens is 340 g/mol. The first-order valence-corrected chi connectivity index (χ1v) is 8.88. The van der Waals surface area contributed by atoms with Crippen LogP contribution >= 0.6 is 0 Å². The summed E-state index contributed by atoms with van der Waals surface area (Å²) in [7, 11) is 0. The molecular formula is C21H22N4O2. The lowest BCUT2D eigenvalue weighted by Crippen LogP contribution is -2.41. The summed E-state index contributed by atoms with van der Waals surface area (Å²) in [6.45, 7) is 6.59. The molecule has 0 radical (unpaired) electrons. The number of allylic oxidation sites excluding steroid dienone is 1. The Bertz CT molecular complexity index is 960. The van der Waals surface area contributed by atoms with Gasteiger partial charge in [0.15, 0.2) is 10.9 Å². The van der Waals surface area contributed by atoms with Gasteiger partial charge < -0.3 is 5.11 Å². The van der Waals surface area contributed by atoms with E-state index in [1.54, 1.807) is 60.1 Å². The minimum absolute atomic E-state index is 0.0279. The van der Waals surface area contributed by atoms with E-state index in [-0.39, 0.29) is 17.2 Å². The lowest BCUT2D eigenvalue weighted by atomic mass is 10.0. The standard InChI is InChI=1S/C21H22N4O2/c1-15(2)14-24-16(3)25(23-22-24)19(20(26)17-10-6-4-7-11-17)21(27)18-12-8-5-9-13-18/h4-13,15H,14H2,1-3H3. The van der Waals surface area contributed by atoms with E-state index >= 15 is 0 Å². The number of Topliss-reactive ketones (excluding diaryl/α,β-unsaturated/α-hetero) is 1. The lowest BCUT2D eigenvalue weighted by molar-refractivity contribution is -0.764. The van der Waals surface area contributed by atoms with Crippen LogP contribution in [0.4, 0.5) is 0 Å². The molecule has 0 bridgehead atoms. The monoisotopic (exact) mass is 362 g/mol. The molecule has 1 aromatic heterocycles. The van der Waals surface area contributed by atoms with Crippen molar-refractivity contribution in [1.82, 2.24) is 15.1 Å². The fraction of sp³-hybridized carbons (Fsp3) is 0.238. The molecule has 0 spiro atoms. The maximum Gasteiger partial charge on any atom is 0.260 e. The van der Waals surface area contributed by atoms with Gasteiger partial charge in [-0.15, -0.1) is 4.68 Å². The smallest absolute Gasteiger partial charge is 0.260 e. The Morgan fingerprint density at radius 1 is 1.04 bits per heavy atom. The Kier molecular flexibility index (Phi) is 5.45. The van der Waals surface area contributed by atoms with Crippen molar-refractivity contribution in [3.63, 3.8) is 0 Å². The van der Waals surface area contributed by atoms with Crippen LogP contribution in [0.1, 0.15) is 35.6 Å². The number of aromatic nitrogens is 4. The maximum absolute atomic E-state index is 13.2. The third-order valence-electron chi connectivity index (χ3n) is 4.17. The van der Waals surface area contributed by atoms with Crippen LogP contribution in [0, 0.1) is 12.8 Å². The molecule has 138 valence electrons. The maximum atomic E-state index is 13.2. The molecule has 0 unspecified atom stereocenters. The number of carbonyl (C=O) groups is 1. The zero-order valence-electron chi connectivity index (χ0n) is 15.7. The SMILES string of the molecule is Cc1n(/C(C(=O)c2ccccc2)=C(\[O-])c2ccccc2)nn[n+]1CC(C)C. The quantitative estimate of drug-likeness (QED) is 0.291. The van der Waals surface area contributed by atoms with E-state index in [0.29, 0.717) is 29.4 Å². The second kappa shape index (κ2) is 7.95. The van der Waals surface area contributed by atoms with Crippen molar-refractivity contribution in [2.45, 2.75) is 27.3 Å². The average molecular weight is 362 g/mol. The van der Waals surface area contributed by atoms with Gasteiger partial charge in [0, 0.05) is 12.5 Å². The largest absolute Gasteiger partial charge is 0.870 e. The van der Waals surface area contributed by atoms with Crippen LogP contribution in [-0.2, 0) is 6.54 Å². The van der Waals surface area contributed by atoms with Crippen LogP contribution in [0.3, 0.4) is 0 Å².